The smallest absolute Gasteiger partial charge is 0.305 e. The van der Waals surface area contributed by atoms with Crippen molar-refractivity contribution in [2.45, 2.75) is 0 Å². The molecule has 0 radical (unpaired) electrons. The van der Waals surface area contributed by atoms with Crippen LogP contribution in [-0.2, 0) is 7.05 Å². The summed E-state index contributed by atoms with van der Waals surface area (Å²) in [5, 5.41) is 20.1. The number of nitro benzene ring substituents is 1. The van der Waals surface area contributed by atoms with Gasteiger partial charge in [-0.2, -0.15) is 10.1 Å². The molecule has 2 N–H and O–H groups in total. The van der Waals surface area contributed by atoms with Gasteiger partial charge in [0.05, 0.1) is 4.92 Å². The molecule has 0 aliphatic heterocycles. The van der Waals surface area contributed by atoms with Crippen molar-refractivity contribution in [1.29, 1.82) is 0 Å². The Balaban J connectivity index is 2.39. The van der Waals surface area contributed by atoms with Crippen LogP contribution in [0.4, 0.5) is 17.3 Å². The van der Waals surface area contributed by atoms with Crippen molar-refractivity contribution in [3.63, 3.8) is 0 Å². The first-order chi connectivity index (χ1) is 9.54. The molecule has 0 atom stereocenters. The maximum absolute atomic E-state index is 12.1. The number of para-hydroxylation sites is 1. The zero-order valence-electron chi connectivity index (χ0n) is 10.8. The molecule has 2 rings (SSSR count). The second-order valence-electron chi connectivity index (χ2n) is 3.87. The highest BCUT2D eigenvalue weighted by Crippen LogP contribution is 2.28. The number of nitrogens with zero attached hydrogens (tertiary/aromatic N) is 4. The van der Waals surface area contributed by atoms with Gasteiger partial charge in [-0.25, -0.2) is 4.68 Å². The summed E-state index contributed by atoms with van der Waals surface area (Å²) in [4.78, 5) is 26.5. The van der Waals surface area contributed by atoms with Gasteiger partial charge in [0.25, 0.3) is 5.91 Å². The average molecular weight is 276 g/mol. The molecule has 0 saturated heterocycles. The summed E-state index contributed by atoms with van der Waals surface area (Å²) in [6, 6.07) is 4.46. The second kappa shape index (κ2) is 5.34. The Morgan fingerprint density at radius 3 is 2.75 bits per heavy atom. The minimum absolute atomic E-state index is 0.0511. The lowest BCUT2D eigenvalue weighted by atomic mass is 10.1. The van der Waals surface area contributed by atoms with Gasteiger partial charge in [0.15, 0.2) is 0 Å². The molecule has 20 heavy (non-hydrogen) atoms. The molecule has 0 aliphatic carbocycles. The number of aromatic nitrogens is 3. The zero-order valence-corrected chi connectivity index (χ0v) is 10.8. The number of nitro groups is 1. The molecule has 2 aromatic rings. The molecule has 0 bridgehead atoms. The van der Waals surface area contributed by atoms with Crippen LogP contribution in [0.2, 0.25) is 0 Å². The highest BCUT2D eigenvalue weighted by molar-refractivity contribution is 6.07. The molecular weight excluding hydrogens is 264 g/mol. The normalized spacial score (nSPS) is 10.1. The number of hydrogen-bond donors (Lipinski definition) is 2. The van der Waals surface area contributed by atoms with Crippen molar-refractivity contribution in [3.05, 3.63) is 40.2 Å². The molecular formula is C11H12N6O3. The molecule has 0 spiro atoms. The van der Waals surface area contributed by atoms with E-state index in [9.17, 15) is 14.9 Å². The number of rotatable bonds is 4. The average Bonchev–Trinajstić information content (AvgIpc) is 2.83. The number of aryl methyl sites for hydroxylation is 1. The fourth-order valence-corrected chi connectivity index (χ4v) is 1.70. The monoisotopic (exact) mass is 276 g/mol. The molecule has 0 fully saturated rings. The van der Waals surface area contributed by atoms with Gasteiger partial charge in [-0.15, -0.1) is 0 Å². The van der Waals surface area contributed by atoms with E-state index in [0.717, 1.165) is 0 Å². The fraction of sp³-hybridized carbons (Fsp3) is 0.182. The Kier molecular flexibility index (Phi) is 3.60. The number of amides is 1. The van der Waals surface area contributed by atoms with E-state index < -0.39 is 10.8 Å². The number of carbonyl (C=O) groups is 1. The number of carbonyl (C=O) groups excluding carboxylic acids is 1. The minimum atomic E-state index is -0.620. The molecule has 0 unspecified atom stereocenters. The minimum Gasteiger partial charge on any atom is -0.383 e. The zero-order chi connectivity index (χ0) is 14.7. The van der Waals surface area contributed by atoms with Gasteiger partial charge in [-0.1, -0.05) is 6.07 Å². The largest absolute Gasteiger partial charge is 0.383 e. The van der Waals surface area contributed by atoms with Crippen LogP contribution in [0.1, 0.15) is 10.4 Å². The van der Waals surface area contributed by atoms with Gasteiger partial charge in [-0.3, -0.25) is 20.2 Å². The van der Waals surface area contributed by atoms with Gasteiger partial charge in [0.2, 0.25) is 5.95 Å². The quantitative estimate of drug-likeness (QED) is 0.636. The van der Waals surface area contributed by atoms with E-state index in [4.69, 9.17) is 0 Å². The molecule has 104 valence electrons. The summed E-state index contributed by atoms with van der Waals surface area (Å²) >= 11 is 0. The number of hydrogen-bond acceptors (Lipinski definition) is 6. The van der Waals surface area contributed by atoms with Crippen LogP contribution in [-0.4, -0.2) is 32.6 Å². The topological polar surface area (TPSA) is 115 Å². The van der Waals surface area contributed by atoms with Crippen LogP contribution in [0.15, 0.2) is 24.5 Å². The Morgan fingerprint density at radius 2 is 2.20 bits per heavy atom. The summed E-state index contributed by atoms with van der Waals surface area (Å²) in [6.07, 6.45) is 1.27. The first-order valence-corrected chi connectivity index (χ1v) is 5.65. The summed E-state index contributed by atoms with van der Waals surface area (Å²) in [5.41, 5.74) is -0.0693. The predicted octanol–water partition coefficient (Wildman–Crippen LogP) is 1.02. The van der Waals surface area contributed by atoms with E-state index in [2.05, 4.69) is 20.7 Å². The lowest BCUT2D eigenvalue weighted by molar-refractivity contribution is -0.384. The highest BCUT2D eigenvalue weighted by atomic mass is 16.6. The van der Waals surface area contributed by atoms with E-state index in [1.807, 2.05) is 0 Å². The van der Waals surface area contributed by atoms with Crippen molar-refractivity contribution >= 4 is 23.2 Å². The van der Waals surface area contributed by atoms with Crippen molar-refractivity contribution in [3.8, 4) is 0 Å². The number of nitrogens with one attached hydrogen (secondary N) is 2. The van der Waals surface area contributed by atoms with Crippen LogP contribution < -0.4 is 10.6 Å². The van der Waals surface area contributed by atoms with E-state index in [1.54, 1.807) is 20.2 Å². The molecule has 1 heterocycles. The lowest BCUT2D eigenvalue weighted by Gasteiger charge is -2.07. The van der Waals surface area contributed by atoms with Gasteiger partial charge in [-0.05, 0) is 12.1 Å². The fourth-order valence-electron chi connectivity index (χ4n) is 1.70. The SMILES string of the molecule is CNc1cccc(C(=O)Nc2ncnn2C)c1[N+](=O)[O-]. The van der Waals surface area contributed by atoms with Crippen LogP contribution in [0, 0.1) is 10.1 Å². The van der Waals surface area contributed by atoms with Crippen LogP contribution >= 0.6 is 0 Å². The molecule has 1 aromatic carbocycles. The van der Waals surface area contributed by atoms with Crippen LogP contribution in [0.5, 0.6) is 0 Å². The summed E-state index contributed by atoms with van der Waals surface area (Å²) in [6.45, 7) is 0. The van der Waals surface area contributed by atoms with Crippen molar-refractivity contribution in [2.75, 3.05) is 17.7 Å². The molecule has 0 saturated carbocycles. The molecule has 1 aromatic heterocycles. The van der Waals surface area contributed by atoms with Gasteiger partial charge >= 0.3 is 5.69 Å². The maximum Gasteiger partial charge on any atom is 0.305 e. The first-order valence-electron chi connectivity index (χ1n) is 5.65. The van der Waals surface area contributed by atoms with Gasteiger partial charge in [0, 0.05) is 14.1 Å². The second-order valence-corrected chi connectivity index (χ2v) is 3.87. The summed E-state index contributed by atoms with van der Waals surface area (Å²) in [5.74, 6) is -0.413. The van der Waals surface area contributed by atoms with E-state index >= 15 is 0 Å². The summed E-state index contributed by atoms with van der Waals surface area (Å²) < 4.78 is 1.35. The third kappa shape index (κ3) is 2.41. The third-order valence-corrected chi connectivity index (χ3v) is 2.67. The lowest BCUT2D eigenvalue weighted by Crippen LogP contribution is -2.17. The molecule has 0 aliphatic rings. The molecule has 1 amide bonds. The highest BCUT2D eigenvalue weighted by Gasteiger charge is 2.24. The number of benzene rings is 1. The predicted molar refractivity (Wildman–Crippen MR) is 71.6 cm³/mol. The van der Waals surface area contributed by atoms with Crippen molar-refractivity contribution in [1.82, 2.24) is 14.8 Å². The standard InChI is InChI=1S/C11H12N6O3/c1-12-8-5-3-4-7(9(8)17(19)20)10(18)15-11-13-6-14-16(11)2/h3-6,12H,1-2H3,(H,13,14,15,18). The Labute approximate surface area is 113 Å². The molecule has 9 nitrogen and oxygen atoms in total. The van der Waals surface area contributed by atoms with Crippen LogP contribution in [0.25, 0.3) is 0 Å². The number of anilines is 2. The Morgan fingerprint density at radius 1 is 1.45 bits per heavy atom. The maximum atomic E-state index is 12.1. The summed E-state index contributed by atoms with van der Waals surface area (Å²) in [7, 11) is 3.15. The van der Waals surface area contributed by atoms with Crippen molar-refractivity contribution < 1.29 is 9.72 Å². The Bertz CT molecular complexity index is 666. The Hall–Kier alpha value is -2.97. The van der Waals surface area contributed by atoms with Crippen LogP contribution in [0.3, 0.4) is 0 Å². The molecule has 9 heteroatoms. The third-order valence-electron chi connectivity index (χ3n) is 2.67. The van der Waals surface area contributed by atoms with Crippen molar-refractivity contribution in [2.24, 2.45) is 7.05 Å². The van der Waals surface area contributed by atoms with Gasteiger partial charge < -0.3 is 5.32 Å². The van der Waals surface area contributed by atoms with E-state index in [0.29, 0.717) is 0 Å². The first kappa shape index (κ1) is 13.5. The van der Waals surface area contributed by atoms with E-state index in [-0.39, 0.29) is 22.9 Å². The van der Waals surface area contributed by atoms with Gasteiger partial charge in [0.1, 0.15) is 17.6 Å². The van der Waals surface area contributed by atoms with E-state index in [1.165, 1.54) is 23.1 Å².